The fraction of sp³-hybridized carbons (Fsp3) is 0. The molecule has 2 aromatic heterocycles. The van der Waals surface area contributed by atoms with Gasteiger partial charge in [0.2, 0.25) is 0 Å². The first-order valence-corrected chi connectivity index (χ1v) is 4.86. The number of carboxylic acid groups (broad SMARTS) is 1. The van der Waals surface area contributed by atoms with Crippen LogP contribution in [0.15, 0.2) is 35.0 Å². The van der Waals surface area contributed by atoms with E-state index in [1.54, 1.807) is 0 Å². The van der Waals surface area contributed by atoms with E-state index in [9.17, 15) is 9.18 Å². The number of carbonyl (C=O) groups is 1. The smallest absolute Gasteiger partial charge is 1.00 e. The maximum absolute atomic E-state index is 13.6. The number of furan rings is 1. The summed E-state index contributed by atoms with van der Waals surface area (Å²) < 4.78 is 18.9. The van der Waals surface area contributed by atoms with Crippen LogP contribution >= 0.6 is 0 Å². The van der Waals surface area contributed by atoms with Crippen LogP contribution in [0.4, 0.5) is 4.39 Å². The molecule has 1 N–H and O–H groups in total. The van der Waals surface area contributed by atoms with Gasteiger partial charge in [-0.3, -0.25) is 4.98 Å². The van der Waals surface area contributed by atoms with E-state index in [0.717, 1.165) is 6.20 Å². The predicted molar refractivity (Wildman–Crippen MR) is 59.5 cm³/mol. The van der Waals surface area contributed by atoms with Crippen molar-refractivity contribution in [1.29, 1.82) is 0 Å². The topological polar surface area (TPSA) is 63.3 Å². The molecule has 0 atom stereocenters. The number of nitrogens with zero attached hydrogens (tertiary/aromatic N) is 1. The Kier molecular flexibility index (Phi) is 3.12. The minimum Gasteiger partial charge on any atom is -1.00 e. The summed E-state index contributed by atoms with van der Waals surface area (Å²) in [5.41, 5.74) is 0.749. The monoisotopic (exact) mass is 239 g/mol. The Bertz CT molecular complexity index is 759. The summed E-state index contributed by atoms with van der Waals surface area (Å²) in [6.07, 6.45) is 2.50. The van der Waals surface area contributed by atoms with E-state index in [1.807, 2.05) is 0 Å². The molecular formula is C12H7FLiNO3. The standard InChI is InChI=1S/C12H6FNO3.Li.H/c13-8-4-14-5-10-11(8)7-2-1-6(12(15)16)3-9(7)17-10;;/h1-5H,(H,15,16);;/q;+1;-1. The van der Waals surface area contributed by atoms with Crippen molar-refractivity contribution in [2.75, 3.05) is 0 Å². The maximum atomic E-state index is 13.6. The second-order valence-electron chi connectivity index (χ2n) is 3.61. The minimum atomic E-state index is -1.05. The molecule has 0 fully saturated rings. The van der Waals surface area contributed by atoms with E-state index in [1.165, 1.54) is 24.4 Å². The summed E-state index contributed by atoms with van der Waals surface area (Å²) in [6, 6.07) is 4.32. The molecule has 18 heavy (non-hydrogen) atoms. The molecule has 0 unspecified atom stereocenters. The average Bonchev–Trinajstić information content (AvgIpc) is 2.67. The van der Waals surface area contributed by atoms with Gasteiger partial charge in [-0.25, -0.2) is 9.18 Å². The molecule has 6 heteroatoms. The van der Waals surface area contributed by atoms with Crippen LogP contribution in [0.2, 0.25) is 0 Å². The van der Waals surface area contributed by atoms with Crippen molar-refractivity contribution in [3.8, 4) is 0 Å². The van der Waals surface area contributed by atoms with Gasteiger partial charge in [0.25, 0.3) is 0 Å². The van der Waals surface area contributed by atoms with Gasteiger partial charge in [0, 0.05) is 5.39 Å². The van der Waals surface area contributed by atoms with Crippen LogP contribution in [0.25, 0.3) is 21.9 Å². The average molecular weight is 239 g/mol. The molecule has 4 nitrogen and oxygen atoms in total. The van der Waals surface area contributed by atoms with Crippen LogP contribution < -0.4 is 18.9 Å². The summed E-state index contributed by atoms with van der Waals surface area (Å²) >= 11 is 0. The van der Waals surface area contributed by atoms with Crippen LogP contribution in [0.5, 0.6) is 0 Å². The molecule has 0 amide bonds. The summed E-state index contributed by atoms with van der Waals surface area (Å²) in [4.78, 5) is 14.5. The maximum Gasteiger partial charge on any atom is 1.00 e. The van der Waals surface area contributed by atoms with Gasteiger partial charge in [-0.1, -0.05) is 0 Å². The first-order chi connectivity index (χ1) is 8.16. The zero-order valence-electron chi connectivity index (χ0n) is 10.5. The van der Waals surface area contributed by atoms with Crippen molar-refractivity contribution in [3.05, 3.63) is 42.0 Å². The molecule has 0 aliphatic carbocycles. The molecule has 0 aliphatic heterocycles. The van der Waals surface area contributed by atoms with E-state index in [2.05, 4.69) is 4.98 Å². The van der Waals surface area contributed by atoms with Gasteiger partial charge in [-0.05, 0) is 18.2 Å². The zero-order valence-corrected chi connectivity index (χ0v) is 9.48. The number of pyridine rings is 1. The summed E-state index contributed by atoms with van der Waals surface area (Å²) in [5.74, 6) is -1.53. The number of benzene rings is 1. The number of aromatic nitrogens is 1. The molecule has 2 heterocycles. The van der Waals surface area contributed by atoms with Gasteiger partial charge in [-0.15, -0.1) is 0 Å². The quantitative estimate of drug-likeness (QED) is 0.604. The van der Waals surface area contributed by atoms with Gasteiger partial charge in [0.15, 0.2) is 11.4 Å². The van der Waals surface area contributed by atoms with Gasteiger partial charge in [0.1, 0.15) is 5.58 Å². The Morgan fingerprint density at radius 1 is 1.33 bits per heavy atom. The third kappa shape index (κ3) is 1.78. The molecule has 1 aromatic carbocycles. The second-order valence-corrected chi connectivity index (χ2v) is 3.61. The molecule has 0 radical (unpaired) electrons. The van der Waals surface area contributed by atoms with Crippen molar-refractivity contribution < 1.29 is 39.0 Å². The SMILES string of the molecule is O=C(O)c1ccc2c(c1)oc1cncc(F)c12.[H-].[Li+]. The summed E-state index contributed by atoms with van der Waals surface area (Å²) in [6.45, 7) is 0. The molecule has 3 rings (SSSR count). The number of fused-ring (bicyclic) bond motifs is 3. The van der Waals surface area contributed by atoms with Crippen molar-refractivity contribution in [2.24, 2.45) is 0 Å². The third-order valence-electron chi connectivity index (χ3n) is 2.58. The van der Waals surface area contributed by atoms with Gasteiger partial charge in [-0.2, -0.15) is 0 Å². The molecule has 0 aliphatic rings. The van der Waals surface area contributed by atoms with Crippen LogP contribution in [0.3, 0.4) is 0 Å². The summed E-state index contributed by atoms with van der Waals surface area (Å²) in [5, 5.41) is 9.72. The van der Waals surface area contributed by atoms with Crippen LogP contribution in [0.1, 0.15) is 11.8 Å². The number of hydrogen-bond acceptors (Lipinski definition) is 3. The number of aromatic carboxylic acids is 1. The number of rotatable bonds is 1. The first kappa shape index (κ1) is 12.6. The van der Waals surface area contributed by atoms with Crippen molar-refractivity contribution in [3.63, 3.8) is 0 Å². The molecule has 0 saturated carbocycles. The van der Waals surface area contributed by atoms with Gasteiger partial charge in [0.05, 0.1) is 23.3 Å². The fourth-order valence-corrected chi connectivity index (χ4v) is 1.82. The van der Waals surface area contributed by atoms with Gasteiger partial charge >= 0.3 is 24.8 Å². The van der Waals surface area contributed by atoms with E-state index in [0.29, 0.717) is 21.9 Å². The summed E-state index contributed by atoms with van der Waals surface area (Å²) in [7, 11) is 0. The Hall–Kier alpha value is -1.83. The molecule has 86 valence electrons. The Balaban J connectivity index is 0.000000902. The molecular weight excluding hydrogens is 232 g/mol. The number of hydrogen-bond donors (Lipinski definition) is 1. The molecule has 3 aromatic rings. The second kappa shape index (κ2) is 4.45. The minimum absolute atomic E-state index is 0. The first-order valence-electron chi connectivity index (χ1n) is 4.86. The molecule has 0 spiro atoms. The van der Waals surface area contributed by atoms with Crippen molar-refractivity contribution >= 4 is 27.9 Å². The van der Waals surface area contributed by atoms with E-state index in [-0.39, 0.29) is 25.9 Å². The van der Waals surface area contributed by atoms with Crippen LogP contribution in [-0.4, -0.2) is 16.1 Å². The normalized spacial score (nSPS) is 10.5. The zero-order chi connectivity index (χ0) is 12.0. The number of carboxylic acids is 1. The van der Waals surface area contributed by atoms with Crippen LogP contribution in [-0.2, 0) is 0 Å². The third-order valence-corrected chi connectivity index (χ3v) is 2.58. The van der Waals surface area contributed by atoms with Crippen molar-refractivity contribution in [2.45, 2.75) is 0 Å². The van der Waals surface area contributed by atoms with E-state index in [4.69, 9.17) is 9.52 Å². The van der Waals surface area contributed by atoms with Crippen molar-refractivity contribution in [1.82, 2.24) is 4.98 Å². The Morgan fingerprint density at radius 2 is 2.11 bits per heavy atom. The Labute approximate surface area is 114 Å². The predicted octanol–water partition coefficient (Wildman–Crippen LogP) is -0.0652. The number of halogens is 1. The fourth-order valence-electron chi connectivity index (χ4n) is 1.82. The molecule has 0 saturated heterocycles. The largest absolute Gasteiger partial charge is 1.00 e. The Morgan fingerprint density at radius 3 is 2.83 bits per heavy atom. The van der Waals surface area contributed by atoms with E-state index < -0.39 is 11.8 Å². The van der Waals surface area contributed by atoms with Crippen LogP contribution in [0, 0.1) is 5.82 Å². The molecule has 0 bridgehead atoms. The van der Waals surface area contributed by atoms with Gasteiger partial charge < -0.3 is 11.0 Å². The van der Waals surface area contributed by atoms with E-state index >= 15 is 0 Å².